The summed E-state index contributed by atoms with van der Waals surface area (Å²) in [4.78, 5) is 19.1. The normalized spacial score (nSPS) is 11.5. The van der Waals surface area contributed by atoms with Crippen molar-refractivity contribution in [1.29, 1.82) is 0 Å². The number of aromatic nitrogens is 1. The van der Waals surface area contributed by atoms with Crippen LogP contribution in [0.15, 0.2) is 107 Å². The van der Waals surface area contributed by atoms with Crippen LogP contribution >= 0.6 is 58.5 Å². The first kappa shape index (κ1) is 29.1. The molecule has 5 rings (SSSR count). The van der Waals surface area contributed by atoms with E-state index in [4.69, 9.17) is 35.4 Å². The topological polar surface area (TPSA) is 66.0 Å². The van der Waals surface area contributed by atoms with Crippen LogP contribution in [0.1, 0.15) is 16.4 Å². The van der Waals surface area contributed by atoms with Gasteiger partial charge in [-0.2, -0.15) is 0 Å². The molecule has 1 atom stereocenters. The highest BCUT2D eigenvalue weighted by atomic mass is 35.5. The number of hydrogen-bond donors (Lipinski definition) is 3. The van der Waals surface area contributed by atoms with E-state index in [9.17, 15) is 4.79 Å². The summed E-state index contributed by atoms with van der Waals surface area (Å²) in [5, 5.41) is 12.7. The summed E-state index contributed by atoms with van der Waals surface area (Å²) in [6, 6.07) is 30.8. The second-order valence-corrected chi connectivity index (χ2v) is 12.3. The molecule has 41 heavy (non-hydrogen) atoms. The average molecular weight is 636 g/mol. The van der Waals surface area contributed by atoms with Crippen LogP contribution in [0.4, 0.5) is 16.5 Å². The molecule has 0 radical (unpaired) electrons. The Morgan fingerprint density at radius 3 is 2.37 bits per heavy atom. The van der Waals surface area contributed by atoms with Gasteiger partial charge in [-0.1, -0.05) is 83.4 Å². The number of thioether (sulfide) groups is 1. The number of aryl methyl sites for hydroxylation is 1. The van der Waals surface area contributed by atoms with E-state index in [1.54, 1.807) is 12.1 Å². The molecule has 1 aromatic heterocycles. The van der Waals surface area contributed by atoms with Gasteiger partial charge in [-0.05, 0) is 67.2 Å². The van der Waals surface area contributed by atoms with Gasteiger partial charge in [-0.15, -0.1) is 23.1 Å². The molecule has 1 amide bonds. The molecule has 206 valence electrons. The van der Waals surface area contributed by atoms with E-state index in [2.05, 4.69) is 20.9 Å². The molecule has 0 aliphatic heterocycles. The summed E-state index contributed by atoms with van der Waals surface area (Å²) in [5.74, 6) is -0.175. The molecule has 0 bridgehead atoms. The summed E-state index contributed by atoms with van der Waals surface area (Å²) in [5.41, 5.74) is 5.32. The monoisotopic (exact) mass is 634 g/mol. The van der Waals surface area contributed by atoms with Gasteiger partial charge >= 0.3 is 0 Å². The second kappa shape index (κ2) is 13.5. The Bertz CT molecular complexity index is 1680. The Labute approximate surface area is 262 Å². The SMILES string of the molecule is Cc1ccc(NC(=S)Nc2cccc(SC(C(=O)Nc3nc(-c4ccc(Cl)c(Cl)c4)cs3)c3ccccc3)c2)cc1. The molecule has 0 saturated carbocycles. The van der Waals surface area contributed by atoms with E-state index < -0.39 is 5.25 Å². The molecule has 1 unspecified atom stereocenters. The number of halogens is 2. The fraction of sp³-hybridized carbons (Fsp3) is 0.0645. The predicted molar refractivity (Wildman–Crippen MR) is 179 cm³/mol. The second-order valence-electron chi connectivity index (χ2n) is 9.04. The van der Waals surface area contributed by atoms with Crippen molar-refractivity contribution in [1.82, 2.24) is 4.98 Å². The molecule has 0 aliphatic carbocycles. The lowest BCUT2D eigenvalue weighted by molar-refractivity contribution is -0.115. The van der Waals surface area contributed by atoms with Crippen LogP contribution in [0, 0.1) is 6.92 Å². The van der Waals surface area contributed by atoms with Gasteiger partial charge in [0, 0.05) is 27.2 Å². The number of nitrogens with one attached hydrogen (secondary N) is 3. The molecule has 5 aromatic rings. The smallest absolute Gasteiger partial charge is 0.244 e. The number of carbonyl (C=O) groups excluding carboxylic acids is 1. The maximum atomic E-state index is 13.6. The number of anilines is 3. The lowest BCUT2D eigenvalue weighted by Gasteiger charge is -2.17. The third kappa shape index (κ3) is 7.87. The van der Waals surface area contributed by atoms with Crippen molar-refractivity contribution in [3.05, 3.63) is 124 Å². The van der Waals surface area contributed by atoms with Gasteiger partial charge in [-0.25, -0.2) is 4.98 Å². The first-order valence-corrected chi connectivity index (χ1v) is 15.4. The van der Waals surface area contributed by atoms with E-state index >= 15 is 0 Å². The zero-order valence-corrected chi connectivity index (χ0v) is 25.7. The van der Waals surface area contributed by atoms with E-state index in [1.807, 2.05) is 97.2 Å². The van der Waals surface area contributed by atoms with Gasteiger partial charge in [0.1, 0.15) is 5.25 Å². The molecule has 4 aromatic carbocycles. The van der Waals surface area contributed by atoms with Crippen LogP contribution in [0.3, 0.4) is 0 Å². The van der Waals surface area contributed by atoms with Gasteiger partial charge in [0.25, 0.3) is 0 Å². The van der Waals surface area contributed by atoms with Crippen molar-refractivity contribution in [3.63, 3.8) is 0 Å². The van der Waals surface area contributed by atoms with Crippen molar-refractivity contribution in [2.24, 2.45) is 0 Å². The molecule has 5 nitrogen and oxygen atoms in total. The molecule has 0 aliphatic rings. The van der Waals surface area contributed by atoms with Crippen LogP contribution < -0.4 is 16.0 Å². The predicted octanol–water partition coefficient (Wildman–Crippen LogP) is 9.71. The molecule has 0 saturated heterocycles. The summed E-state index contributed by atoms with van der Waals surface area (Å²) >= 11 is 20.5. The van der Waals surface area contributed by atoms with Crippen molar-refractivity contribution in [2.45, 2.75) is 17.1 Å². The Balaban J connectivity index is 1.30. The third-order valence-electron chi connectivity index (χ3n) is 5.95. The summed E-state index contributed by atoms with van der Waals surface area (Å²) < 4.78 is 0. The third-order valence-corrected chi connectivity index (χ3v) is 8.89. The van der Waals surface area contributed by atoms with Gasteiger partial charge in [0.05, 0.1) is 15.7 Å². The number of benzene rings is 4. The zero-order chi connectivity index (χ0) is 28.8. The minimum atomic E-state index is -0.513. The molecule has 0 spiro atoms. The highest BCUT2D eigenvalue weighted by Gasteiger charge is 2.23. The number of nitrogens with zero attached hydrogens (tertiary/aromatic N) is 1. The minimum absolute atomic E-state index is 0.175. The fourth-order valence-electron chi connectivity index (χ4n) is 3.90. The molecule has 0 fully saturated rings. The first-order chi connectivity index (χ1) is 19.8. The Kier molecular flexibility index (Phi) is 9.59. The first-order valence-electron chi connectivity index (χ1n) is 12.5. The minimum Gasteiger partial charge on any atom is -0.332 e. The van der Waals surface area contributed by atoms with Crippen LogP contribution in [0.2, 0.25) is 10.0 Å². The Morgan fingerprint density at radius 2 is 1.61 bits per heavy atom. The molecular formula is C31H24Cl2N4OS3. The molecule has 1 heterocycles. The zero-order valence-electron chi connectivity index (χ0n) is 21.7. The number of amides is 1. The van der Waals surface area contributed by atoms with Gasteiger partial charge in [0.2, 0.25) is 5.91 Å². The number of thiazole rings is 1. The molecule has 3 N–H and O–H groups in total. The van der Waals surface area contributed by atoms with Gasteiger partial charge in [-0.3, -0.25) is 4.79 Å². The van der Waals surface area contributed by atoms with Crippen LogP contribution in [-0.2, 0) is 4.79 Å². The van der Waals surface area contributed by atoms with E-state index in [-0.39, 0.29) is 5.91 Å². The maximum Gasteiger partial charge on any atom is 0.244 e. The van der Waals surface area contributed by atoms with Gasteiger partial charge in [0.15, 0.2) is 10.2 Å². The lowest BCUT2D eigenvalue weighted by Crippen LogP contribution is -2.19. The van der Waals surface area contributed by atoms with Gasteiger partial charge < -0.3 is 16.0 Å². The quantitative estimate of drug-likeness (QED) is 0.117. The molecular weight excluding hydrogens is 611 g/mol. The summed E-state index contributed by atoms with van der Waals surface area (Å²) in [6.07, 6.45) is 0. The van der Waals surface area contributed by atoms with E-state index in [0.717, 1.165) is 27.4 Å². The van der Waals surface area contributed by atoms with Crippen molar-refractivity contribution in [3.8, 4) is 11.3 Å². The number of hydrogen-bond acceptors (Lipinski definition) is 5. The van der Waals surface area contributed by atoms with Crippen LogP contribution in [0.25, 0.3) is 11.3 Å². The van der Waals surface area contributed by atoms with Crippen molar-refractivity contribution in [2.75, 3.05) is 16.0 Å². The summed E-state index contributed by atoms with van der Waals surface area (Å²) in [6.45, 7) is 2.04. The number of carbonyl (C=O) groups is 1. The molecule has 10 heteroatoms. The van der Waals surface area contributed by atoms with Crippen molar-refractivity contribution >= 4 is 86.0 Å². The van der Waals surface area contributed by atoms with E-state index in [0.29, 0.717) is 26.0 Å². The number of thiocarbonyl (C=S) groups is 1. The van der Waals surface area contributed by atoms with Crippen molar-refractivity contribution < 1.29 is 4.79 Å². The maximum absolute atomic E-state index is 13.6. The standard InChI is InChI=1S/C31H24Cl2N4OS3/c1-19-10-13-22(14-11-19)34-30(39)35-23-8-5-9-24(17-23)41-28(20-6-3-2-4-7-20)29(38)37-31-36-27(18-40-31)21-12-15-25(32)26(33)16-21/h2-18,28H,1H3,(H2,34,35,39)(H,36,37,38). The summed E-state index contributed by atoms with van der Waals surface area (Å²) in [7, 11) is 0. The Hall–Kier alpha value is -3.40. The highest BCUT2D eigenvalue weighted by molar-refractivity contribution is 8.00. The largest absolute Gasteiger partial charge is 0.332 e. The van der Waals surface area contributed by atoms with Crippen LogP contribution in [-0.4, -0.2) is 16.0 Å². The lowest BCUT2D eigenvalue weighted by atomic mass is 10.1. The fourth-order valence-corrected chi connectivity index (χ4v) is 6.24. The number of rotatable bonds is 8. The highest BCUT2D eigenvalue weighted by Crippen LogP contribution is 2.38. The Morgan fingerprint density at radius 1 is 0.854 bits per heavy atom. The van der Waals surface area contributed by atoms with E-state index in [1.165, 1.54) is 28.7 Å². The average Bonchev–Trinajstić information content (AvgIpc) is 3.43. The van der Waals surface area contributed by atoms with Crippen LogP contribution in [0.5, 0.6) is 0 Å².